The first-order valence-electron chi connectivity index (χ1n) is 6.26. The van der Waals surface area contributed by atoms with Crippen LogP contribution in [0.25, 0.3) is 10.9 Å². The van der Waals surface area contributed by atoms with Crippen molar-refractivity contribution in [2.75, 3.05) is 5.32 Å². The normalized spacial score (nSPS) is 10.8. The molecule has 1 heterocycles. The SMILES string of the molecule is Cc1cc(Br)c(NC(=O)c2n[nH]c3ccccc23)c(Br)c1. The third-order valence-electron chi connectivity index (χ3n) is 3.11. The summed E-state index contributed by atoms with van der Waals surface area (Å²) in [6.07, 6.45) is 0. The maximum atomic E-state index is 12.4. The van der Waals surface area contributed by atoms with Gasteiger partial charge in [0.15, 0.2) is 5.69 Å². The van der Waals surface area contributed by atoms with E-state index in [2.05, 4.69) is 47.4 Å². The molecule has 0 spiro atoms. The maximum absolute atomic E-state index is 12.4. The summed E-state index contributed by atoms with van der Waals surface area (Å²) in [6, 6.07) is 11.4. The minimum absolute atomic E-state index is 0.252. The number of halogens is 2. The highest BCUT2D eigenvalue weighted by Gasteiger charge is 2.16. The van der Waals surface area contributed by atoms with Gasteiger partial charge in [-0.2, -0.15) is 5.10 Å². The number of H-pyrrole nitrogens is 1. The zero-order chi connectivity index (χ0) is 15.0. The molecule has 0 bridgehead atoms. The smallest absolute Gasteiger partial charge is 0.276 e. The van der Waals surface area contributed by atoms with Gasteiger partial charge in [-0.25, -0.2) is 0 Å². The number of nitrogens with one attached hydrogen (secondary N) is 2. The molecule has 106 valence electrons. The van der Waals surface area contributed by atoms with Gasteiger partial charge < -0.3 is 5.32 Å². The number of aryl methyl sites for hydroxylation is 1. The van der Waals surface area contributed by atoms with Crippen molar-refractivity contribution in [3.63, 3.8) is 0 Å². The van der Waals surface area contributed by atoms with E-state index in [4.69, 9.17) is 0 Å². The molecular formula is C15H11Br2N3O. The number of fused-ring (bicyclic) bond motifs is 1. The minimum Gasteiger partial charge on any atom is -0.319 e. The molecule has 2 N–H and O–H groups in total. The first kappa shape index (κ1) is 14.3. The van der Waals surface area contributed by atoms with Crippen LogP contribution in [0.4, 0.5) is 5.69 Å². The van der Waals surface area contributed by atoms with E-state index in [1.807, 2.05) is 43.3 Å². The highest BCUT2D eigenvalue weighted by Crippen LogP contribution is 2.32. The summed E-state index contributed by atoms with van der Waals surface area (Å²) in [5.74, 6) is -0.252. The number of nitrogens with zero attached hydrogens (tertiary/aromatic N) is 1. The summed E-state index contributed by atoms with van der Waals surface area (Å²) in [7, 11) is 0. The fourth-order valence-corrected chi connectivity index (χ4v) is 3.74. The van der Waals surface area contributed by atoms with E-state index >= 15 is 0 Å². The Labute approximate surface area is 138 Å². The van der Waals surface area contributed by atoms with Gasteiger partial charge in [0.25, 0.3) is 5.91 Å². The molecule has 0 unspecified atom stereocenters. The van der Waals surface area contributed by atoms with Gasteiger partial charge in [0.1, 0.15) is 0 Å². The average Bonchev–Trinajstić information content (AvgIpc) is 2.86. The number of aromatic nitrogens is 2. The summed E-state index contributed by atoms with van der Waals surface area (Å²) in [4.78, 5) is 12.4. The Morgan fingerprint density at radius 1 is 1.19 bits per heavy atom. The molecule has 0 radical (unpaired) electrons. The number of carbonyl (C=O) groups excluding carboxylic acids is 1. The van der Waals surface area contributed by atoms with Gasteiger partial charge in [-0.3, -0.25) is 9.89 Å². The second-order valence-electron chi connectivity index (χ2n) is 4.68. The number of anilines is 1. The second kappa shape index (κ2) is 5.61. The molecule has 3 rings (SSSR count). The summed E-state index contributed by atoms with van der Waals surface area (Å²) >= 11 is 6.93. The van der Waals surface area contributed by atoms with Crippen LogP contribution in [0, 0.1) is 6.92 Å². The molecule has 4 nitrogen and oxygen atoms in total. The molecule has 0 aliphatic carbocycles. The molecule has 2 aromatic carbocycles. The molecular weight excluding hydrogens is 398 g/mol. The van der Waals surface area contributed by atoms with Crippen LogP contribution in [0.3, 0.4) is 0 Å². The standard InChI is InChI=1S/C15H11Br2N3O/c1-8-6-10(16)14(11(17)7-8)18-15(21)13-9-4-2-3-5-12(9)19-20-13/h2-7H,1H3,(H,18,21)(H,19,20). The van der Waals surface area contributed by atoms with E-state index in [9.17, 15) is 4.79 Å². The third-order valence-corrected chi connectivity index (χ3v) is 4.36. The number of benzene rings is 2. The van der Waals surface area contributed by atoms with Crippen LogP contribution in [0.5, 0.6) is 0 Å². The number of rotatable bonds is 2. The Balaban J connectivity index is 1.97. The summed E-state index contributed by atoms with van der Waals surface area (Å²) in [6.45, 7) is 1.99. The van der Waals surface area contributed by atoms with E-state index in [-0.39, 0.29) is 5.91 Å². The molecule has 1 amide bonds. The lowest BCUT2D eigenvalue weighted by Gasteiger charge is -2.10. The van der Waals surface area contributed by atoms with Crippen LogP contribution in [0.1, 0.15) is 16.1 Å². The van der Waals surface area contributed by atoms with Crippen LogP contribution in [0.15, 0.2) is 45.3 Å². The fourth-order valence-electron chi connectivity index (χ4n) is 2.13. The zero-order valence-corrected chi connectivity index (χ0v) is 14.2. The summed E-state index contributed by atoms with van der Waals surface area (Å²) in [5.41, 5.74) is 3.00. The molecule has 0 fully saturated rings. The molecule has 3 aromatic rings. The van der Waals surface area contributed by atoms with Crippen molar-refractivity contribution in [3.8, 4) is 0 Å². The van der Waals surface area contributed by atoms with Gasteiger partial charge >= 0.3 is 0 Å². The Bertz CT molecular complexity index is 819. The Morgan fingerprint density at radius 3 is 2.57 bits per heavy atom. The first-order valence-corrected chi connectivity index (χ1v) is 7.85. The zero-order valence-electron chi connectivity index (χ0n) is 11.1. The van der Waals surface area contributed by atoms with Gasteiger partial charge in [-0.15, -0.1) is 0 Å². The van der Waals surface area contributed by atoms with Gasteiger partial charge in [0.2, 0.25) is 0 Å². The second-order valence-corrected chi connectivity index (χ2v) is 6.38. The third kappa shape index (κ3) is 2.73. The highest BCUT2D eigenvalue weighted by atomic mass is 79.9. The lowest BCUT2D eigenvalue weighted by molar-refractivity contribution is 0.102. The molecule has 21 heavy (non-hydrogen) atoms. The molecule has 6 heteroatoms. The monoisotopic (exact) mass is 407 g/mol. The van der Waals surface area contributed by atoms with Crippen LogP contribution < -0.4 is 5.32 Å². The van der Waals surface area contributed by atoms with Crippen molar-refractivity contribution in [1.29, 1.82) is 0 Å². The maximum Gasteiger partial charge on any atom is 0.276 e. The largest absolute Gasteiger partial charge is 0.319 e. The van der Waals surface area contributed by atoms with E-state index in [0.29, 0.717) is 11.4 Å². The van der Waals surface area contributed by atoms with Crippen LogP contribution in [-0.2, 0) is 0 Å². The quantitative estimate of drug-likeness (QED) is 0.648. The lowest BCUT2D eigenvalue weighted by Crippen LogP contribution is -2.13. The van der Waals surface area contributed by atoms with Crippen molar-refractivity contribution >= 4 is 54.4 Å². The van der Waals surface area contributed by atoms with E-state index in [1.54, 1.807) is 0 Å². The molecule has 0 saturated carbocycles. The van der Waals surface area contributed by atoms with E-state index in [0.717, 1.165) is 25.4 Å². The van der Waals surface area contributed by atoms with E-state index < -0.39 is 0 Å². The van der Waals surface area contributed by atoms with Crippen molar-refractivity contribution < 1.29 is 4.79 Å². The summed E-state index contributed by atoms with van der Waals surface area (Å²) < 4.78 is 1.64. The van der Waals surface area contributed by atoms with Crippen LogP contribution >= 0.6 is 31.9 Å². The topological polar surface area (TPSA) is 57.8 Å². The number of hydrogen-bond donors (Lipinski definition) is 2. The number of carbonyl (C=O) groups is 1. The number of aromatic amines is 1. The predicted molar refractivity (Wildman–Crippen MR) is 90.6 cm³/mol. The number of hydrogen-bond acceptors (Lipinski definition) is 2. The fraction of sp³-hybridized carbons (Fsp3) is 0.0667. The predicted octanol–water partition coefficient (Wildman–Crippen LogP) is 4.65. The lowest BCUT2D eigenvalue weighted by atomic mass is 10.2. The van der Waals surface area contributed by atoms with Crippen molar-refractivity contribution in [3.05, 3.63) is 56.6 Å². The van der Waals surface area contributed by atoms with Gasteiger partial charge in [0.05, 0.1) is 11.2 Å². The molecule has 0 saturated heterocycles. The Hall–Kier alpha value is -1.66. The number of amides is 1. The minimum atomic E-state index is -0.252. The highest BCUT2D eigenvalue weighted by molar-refractivity contribution is 9.11. The van der Waals surface area contributed by atoms with E-state index in [1.165, 1.54) is 0 Å². The van der Waals surface area contributed by atoms with Gasteiger partial charge in [-0.1, -0.05) is 18.2 Å². The molecule has 0 aliphatic heterocycles. The van der Waals surface area contributed by atoms with Crippen LogP contribution in [0.2, 0.25) is 0 Å². The van der Waals surface area contributed by atoms with Crippen molar-refractivity contribution in [1.82, 2.24) is 10.2 Å². The Kier molecular flexibility index (Phi) is 3.82. The number of para-hydroxylation sites is 1. The van der Waals surface area contributed by atoms with Crippen molar-refractivity contribution in [2.45, 2.75) is 6.92 Å². The Morgan fingerprint density at radius 2 is 1.86 bits per heavy atom. The van der Waals surface area contributed by atoms with Crippen LogP contribution in [-0.4, -0.2) is 16.1 Å². The molecule has 0 aliphatic rings. The summed E-state index contributed by atoms with van der Waals surface area (Å²) in [5, 5.41) is 10.6. The van der Waals surface area contributed by atoms with Gasteiger partial charge in [0, 0.05) is 14.3 Å². The van der Waals surface area contributed by atoms with Crippen molar-refractivity contribution in [2.24, 2.45) is 0 Å². The first-order chi connectivity index (χ1) is 10.1. The average molecular weight is 409 g/mol. The van der Waals surface area contributed by atoms with Gasteiger partial charge in [-0.05, 0) is 62.5 Å². The molecule has 1 aromatic heterocycles. The molecule has 0 atom stereocenters.